The van der Waals surface area contributed by atoms with Gasteiger partial charge in [0.05, 0.1) is 0 Å². The third-order valence-corrected chi connectivity index (χ3v) is 5.20. The molecule has 19 heavy (non-hydrogen) atoms. The summed E-state index contributed by atoms with van der Waals surface area (Å²) in [6.07, 6.45) is 0. The van der Waals surface area contributed by atoms with Crippen LogP contribution >= 0.6 is 11.6 Å². The molecule has 0 atom stereocenters. The van der Waals surface area contributed by atoms with Crippen molar-refractivity contribution in [3.63, 3.8) is 0 Å². The topological polar surface area (TPSA) is 40.6 Å². The Balaban J connectivity index is 2.94. The Morgan fingerprint density at radius 3 is 2.11 bits per heavy atom. The van der Waals surface area contributed by atoms with Crippen LogP contribution in [0.25, 0.3) is 0 Å². The van der Waals surface area contributed by atoms with Crippen molar-refractivity contribution < 1.29 is 8.42 Å². The molecule has 0 saturated heterocycles. The van der Waals surface area contributed by atoms with Crippen LogP contribution in [0, 0.1) is 0 Å². The van der Waals surface area contributed by atoms with E-state index in [0.29, 0.717) is 26.2 Å². The first-order valence-electron chi connectivity index (χ1n) is 6.41. The molecule has 0 aliphatic carbocycles. The largest absolute Gasteiger partial charge is 0.282 e. The highest BCUT2D eigenvalue weighted by Gasteiger charge is 2.27. The van der Waals surface area contributed by atoms with Crippen molar-refractivity contribution >= 4 is 21.8 Å². The van der Waals surface area contributed by atoms with Crippen molar-refractivity contribution in [2.45, 2.75) is 20.4 Å². The summed E-state index contributed by atoms with van der Waals surface area (Å²) in [6, 6.07) is 9.54. The highest BCUT2D eigenvalue weighted by molar-refractivity contribution is 7.86. The molecule has 0 fully saturated rings. The van der Waals surface area contributed by atoms with Gasteiger partial charge in [0, 0.05) is 32.1 Å². The summed E-state index contributed by atoms with van der Waals surface area (Å²) >= 11 is 5.73. The smallest absolute Gasteiger partial charge is 0.195 e. The van der Waals surface area contributed by atoms with Gasteiger partial charge in [-0.2, -0.15) is 17.0 Å². The van der Waals surface area contributed by atoms with E-state index in [9.17, 15) is 8.42 Å². The second-order valence-electron chi connectivity index (χ2n) is 4.10. The van der Waals surface area contributed by atoms with Crippen LogP contribution in [0.2, 0.25) is 0 Å². The van der Waals surface area contributed by atoms with Crippen LogP contribution in [0.15, 0.2) is 30.3 Å². The summed E-state index contributed by atoms with van der Waals surface area (Å²) in [5, 5.41) is 0. The SMILES string of the molecule is CCN(CC)S(=O)(=O)N(CCCl)Cc1ccccc1. The van der Waals surface area contributed by atoms with Gasteiger partial charge in [-0.15, -0.1) is 11.6 Å². The van der Waals surface area contributed by atoms with Crippen LogP contribution in [0.3, 0.4) is 0 Å². The Labute approximate surface area is 121 Å². The Kier molecular flexibility index (Phi) is 6.79. The minimum Gasteiger partial charge on any atom is -0.195 e. The molecule has 0 bridgehead atoms. The van der Waals surface area contributed by atoms with E-state index in [0.717, 1.165) is 5.56 Å². The maximum atomic E-state index is 12.5. The molecule has 6 heteroatoms. The summed E-state index contributed by atoms with van der Waals surface area (Å²) in [4.78, 5) is 0. The third-order valence-electron chi connectivity index (χ3n) is 2.89. The molecule has 0 amide bonds. The highest BCUT2D eigenvalue weighted by atomic mass is 35.5. The Bertz CT molecular complexity index is 461. The minimum atomic E-state index is -3.44. The van der Waals surface area contributed by atoms with Crippen LogP contribution in [-0.2, 0) is 16.8 Å². The van der Waals surface area contributed by atoms with Crippen molar-refractivity contribution in [3.8, 4) is 0 Å². The van der Waals surface area contributed by atoms with Crippen LogP contribution in [0.1, 0.15) is 19.4 Å². The van der Waals surface area contributed by atoms with Gasteiger partial charge in [0.25, 0.3) is 10.2 Å². The number of halogens is 1. The molecule has 1 rings (SSSR count). The zero-order valence-electron chi connectivity index (χ0n) is 11.4. The first kappa shape index (κ1) is 16.4. The van der Waals surface area contributed by atoms with Crippen LogP contribution in [0.5, 0.6) is 0 Å². The van der Waals surface area contributed by atoms with Crippen molar-refractivity contribution in [2.24, 2.45) is 0 Å². The maximum Gasteiger partial charge on any atom is 0.282 e. The van der Waals surface area contributed by atoms with E-state index in [1.807, 2.05) is 44.2 Å². The molecule has 0 aliphatic heterocycles. The molecule has 0 N–H and O–H groups in total. The van der Waals surface area contributed by atoms with Gasteiger partial charge in [0.2, 0.25) is 0 Å². The summed E-state index contributed by atoms with van der Waals surface area (Å²) in [5.74, 6) is 0.285. The molecular weight excluding hydrogens is 284 g/mol. The molecule has 0 radical (unpaired) electrons. The number of hydrogen-bond acceptors (Lipinski definition) is 2. The predicted octanol–water partition coefficient (Wildman–Crippen LogP) is 2.31. The number of benzene rings is 1. The van der Waals surface area contributed by atoms with E-state index in [1.165, 1.54) is 8.61 Å². The normalized spacial score (nSPS) is 12.3. The lowest BCUT2D eigenvalue weighted by Gasteiger charge is -2.28. The second-order valence-corrected chi connectivity index (χ2v) is 6.41. The van der Waals surface area contributed by atoms with Gasteiger partial charge < -0.3 is 0 Å². The van der Waals surface area contributed by atoms with E-state index in [2.05, 4.69) is 0 Å². The van der Waals surface area contributed by atoms with E-state index >= 15 is 0 Å². The minimum absolute atomic E-state index is 0.285. The first-order valence-corrected chi connectivity index (χ1v) is 8.34. The van der Waals surface area contributed by atoms with Crippen LogP contribution < -0.4 is 0 Å². The zero-order chi connectivity index (χ0) is 14.3. The molecule has 1 aromatic rings. The molecule has 0 spiro atoms. The van der Waals surface area contributed by atoms with Crippen LogP contribution in [0.4, 0.5) is 0 Å². The molecule has 0 saturated carbocycles. The second kappa shape index (κ2) is 7.85. The molecule has 0 heterocycles. The van der Waals surface area contributed by atoms with E-state index < -0.39 is 10.2 Å². The van der Waals surface area contributed by atoms with Crippen LogP contribution in [-0.4, -0.2) is 42.5 Å². The fourth-order valence-corrected chi connectivity index (χ4v) is 3.79. The van der Waals surface area contributed by atoms with Gasteiger partial charge in [-0.1, -0.05) is 44.2 Å². The Morgan fingerprint density at radius 2 is 1.63 bits per heavy atom. The quantitative estimate of drug-likeness (QED) is 0.692. The van der Waals surface area contributed by atoms with Crippen molar-refractivity contribution in [3.05, 3.63) is 35.9 Å². The van der Waals surface area contributed by atoms with Crippen molar-refractivity contribution in [2.75, 3.05) is 25.5 Å². The molecular formula is C13H21ClN2O2S. The lowest BCUT2D eigenvalue weighted by atomic mass is 10.2. The summed E-state index contributed by atoms with van der Waals surface area (Å²) in [5.41, 5.74) is 0.961. The lowest BCUT2D eigenvalue weighted by Crippen LogP contribution is -2.44. The van der Waals surface area contributed by atoms with Crippen molar-refractivity contribution in [1.29, 1.82) is 0 Å². The van der Waals surface area contributed by atoms with Gasteiger partial charge in [-0.3, -0.25) is 0 Å². The lowest BCUT2D eigenvalue weighted by molar-refractivity contribution is 0.353. The third kappa shape index (κ3) is 4.45. The zero-order valence-corrected chi connectivity index (χ0v) is 13.0. The summed E-state index contributed by atoms with van der Waals surface area (Å²) in [7, 11) is -3.44. The Morgan fingerprint density at radius 1 is 1.05 bits per heavy atom. The molecule has 108 valence electrons. The molecule has 0 unspecified atom stereocenters. The predicted molar refractivity (Wildman–Crippen MR) is 79.4 cm³/mol. The maximum absolute atomic E-state index is 12.5. The van der Waals surface area contributed by atoms with Gasteiger partial charge in [-0.25, -0.2) is 0 Å². The van der Waals surface area contributed by atoms with Gasteiger partial charge >= 0.3 is 0 Å². The fraction of sp³-hybridized carbons (Fsp3) is 0.538. The Hall–Kier alpha value is -0.620. The van der Waals surface area contributed by atoms with Crippen molar-refractivity contribution in [1.82, 2.24) is 8.61 Å². The van der Waals surface area contributed by atoms with E-state index in [4.69, 9.17) is 11.6 Å². The number of hydrogen-bond donors (Lipinski definition) is 0. The highest BCUT2D eigenvalue weighted by Crippen LogP contribution is 2.13. The summed E-state index contributed by atoms with van der Waals surface area (Å²) in [6.45, 7) is 5.27. The van der Waals surface area contributed by atoms with Gasteiger partial charge in [-0.05, 0) is 5.56 Å². The average molecular weight is 305 g/mol. The number of nitrogens with zero attached hydrogens (tertiary/aromatic N) is 2. The standard InChI is InChI=1S/C13H21ClN2O2S/c1-3-15(4-2)19(17,18)16(11-10-14)12-13-8-6-5-7-9-13/h5-9H,3-4,10-12H2,1-2H3. The fourth-order valence-electron chi connectivity index (χ4n) is 1.87. The summed E-state index contributed by atoms with van der Waals surface area (Å²) < 4.78 is 27.8. The number of rotatable bonds is 8. The van der Waals surface area contributed by atoms with Gasteiger partial charge in [0.1, 0.15) is 0 Å². The van der Waals surface area contributed by atoms with E-state index in [-0.39, 0.29) is 5.88 Å². The average Bonchev–Trinajstić information content (AvgIpc) is 2.40. The van der Waals surface area contributed by atoms with E-state index in [1.54, 1.807) is 0 Å². The van der Waals surface area contributed by atoms with Gasteiger partial charge in [0.15, 0.2) is 0 Å². The number of alkyl halides is 1. The molecule has 0 aromatic heterocycles. The molecule has 1 aromatic carbocycles. The molecule has 0 aliphatic rings. The monoisotopic (exact) mass is 304 g/mol. The first-order chi connectivity index (χ1) is 9.06. The molecule has 4 nitrogen and oxygen atoms in total.